The van der Waals surface area contributed by atoms with Crippen molar-refractivity contribution in [3.05, 3.63) is 28.4 Å². The fourth-order valence-corrected chi connectivity index (χ4v) is 2.44. The molecule has 0 bridgehead atoms. The summed E-state index contributed by atoms with van der Waals surface area (Å²) in [5.41, 5.74) is 0.0475. The van der Waals surface area contributed by atoms with E-state index in [9.17, 15) is 22.8 Å². The van der Waals surface area contributed by atoms with E-state index in [1.165, 1.54) is 12.4 Å². The molecular formula is C13H16F3N3O2. The van der Waals surface area contributed by atoms with Gasteiger partial charge in [-0.2, -0.15) is 13.2 Å². The van der Waals surface area contributed by atoms with Crippen molar-refractivity contribution in [2.24, 2.45) is 0 Å². The van der Waals surface area contributed by atoms with Gasteiger partial charge in [0.2, 0.25) is 5.91 Å². The number of carbonyl (C=O) groups is 1. The Morgan fingerprint density at radius 3 is 2.76 bits per heavy atom. The zero-order chi connectivity index (χ0) is 15.6. The summed E-state index contributed by atoms with van der Waals surface area (Å²) in [5.74, 6) is -0.704. The molecule has 8 heteroatoms. The van der Waals surface area contributed by atoms with Gasteiger partial charge < -0.3 is 4.90 Å². The quantitative estimate of drug-likeness (QED) is 0.832. The number of carbonyl (C=O) groups excluding carboxylic acids is 1. The Bertz CT molecular complexity index is 583. The van der Waals surface area contributed by atoms with Gasteiger partial charge in [-0.1, -0.05) is 0 Å². The standard InChI is InChI=1S/C13H16F3N3O2/c1-9-6-11(20)18(8-17-9)7-12(21)19-5-3-2-4-10(19)13(14,15)16/h6,8,10H,2-5,7H2,1H3. The second-order valence-corrected chi connectivity index (χ2v) is 5.14. The third kappa shape index (κ3) is 3.62. The Morgan fingerprint density at radius 1 is 1.43 bits per heavy atom. The molecule has 116 valence electrons. The summed E-state index contributed by atoms with van der Waals surface area (Å²) in [6.45, 7) is 1.27. The second kappa shape index (κ2) is 5.87. The first-order valence-electron chi connectivity index (χ1n) is 6.68. The third-order valence-electron chi connectivity index (χ3n) is 3.52. The Hall–Kier alpha value is -1.86. The van der Waals surface area contributed by atoms with Crippen LogP contribution >= 0.6 is 0 Å². The van der Waals surface area contributed by atoms with Crippen molar-refractivity contribution in [3.63, 3.8) is 0 Å². The van der Waals surface area contributed by atoms with Crippen LogP contribution in [0.2, 0.25) is 0 Å². The number of aryl methyl sites for hydroxylation is 1. The van der Waals surface area contributed by atoms with E-state index in [2.05, 4.69) is 4.98 Å². The van der Waals surface area contributed by atoms with E-state index >= 15 is 0 Å². The topological polar surface area (TPSA) is 55.2 Å². The van der Waals surface area contributed by atoms with Crippen LogP contribution in [0.4, 0.5) is 13.2 Å². The van der Waals surface area contributed by atoms with Crippen molar-refractivity contribution in [2.45, 2.75) is 44.9 Å². The van der Waals surface area contributed by atoms with E-state index in [1.54, 1.807) is 6.92 Å². The predicted molar refractivity (Wildman–Crippen MR) is 68.6 cm³/mol. The van der Waals surface area contributed by atoms with Gasteiger partial charge in [0.05, 0.1) is 6.33 Å². The molecule has 1 unspecified atom stereocenters. The lowest BCUT2D eigenvalue weighted by atomic mass is 10.0. The van der Waals surface area contributed by atoms with E-state index in [1.807, 2.05) is 0 Å². The van der Waals surface area contributed by atoms with Gasteiger partial charge in [0.1, 0.15) is 12.6 Å². The van der Waals surface area contributed by atoms with Crippen LogP contribution < -0.4 is 5.56 Å². The summed E-state index contributed by atoms with van der Waals surface area (Å²) >= 11 is 0. The highest BCUT2D eigenvalue weighted by molar-refractivity contribution is 5.76. The molecule has 21 heavy (non-hydrogen) atoms. The number of halogens is 3. The Balaban J connectivity index is 2.16. The molecule has 5 nitrogen and oxygen atoms in total. The van der Waals surface area contributed by atoms with E-state index in [-0.39, 0.29) is 13.0 Å². The fraction of sp³-hybridized carbons (Fsp3) is 0.615. The largest absolute Gasteiger partial charge is 0.408 e. The van der Waals surface area contributed by atoms with E-state index < -0.39 is 30.2 Å². The lowest BCUT2D eigenvalue weighted by Crippen LogP contribution is -2.52. The first-order valence-corrected chi connectivity index (χ1v) is 6.68. The summed E-state index contributed by atoms with van der Waals surface area (Å²) in [4.78, 5) is 28.5. The molecule has 2 heterocycles. The van der Waals surface area contributed by atoms with Crippen LogP contribution in [0.5, 0.6) is 0 Å². The number of alkyl halides is 3. The molecule has 1 atom stereocenters. The first kappa shape index (κ1) is 15.5. The van der Waals surface area contributed by atoms with Crippen molar-refractivity contribution in [2.75, 3.05) is 6.54 Å². The van der Waals surface area contributed by atoms with Gasteiger partial charge in [-0.25, -0.2) is 4.98 Å². The highest BCUT2D eigenvalue weighted by Gasteiger charge is 2.46. The molecule has 0 spiro atoms. The van der Waals surface area contributed by atoms with Crippen molar-refractivity contribution < 1.29 is 18.0 Å². The molecule has 1 fully saturated rings. The second-order valence-electron chi connectivity index (χ2n) is 5.14. The molecule has 2 rings (SSSR count). The zero-order valence-corrected chi connectivity index (χ0v) is 11.6. The number of aromatic nitrogens is 2. The zero-order valence-electron chi connectivity index (χ0n) is 11.6. The number of rotatable bonds is 2. The third-order valence-corrected chi connectivity index (χ3v) is 3.52. The van der Waals surface area contributed by atoms with Gasteiger partial charge in [-0.3, -0.25) is 14.2 Å². The number of hydrogen-bond donors (Lipinski definition) is 0. The normalized spacial score (nSPS) is 19.6. The van der Waals surface area contributed by atoms with Crippen LogP contribution in [0, 0.1) is 6.92 Å². The van der Waals surface area contributed by atoms with Crippen LogP contribution in [0.1, 0.15) is 25.0 Å². The maximum Gasteiger partial charge on any atom is 0.408 e. The molecule has 0 radical (unpaired) electrons. The van der Waals surface area contributed by atoms with Crippen LogP contribution in [0.15, 0.2) is 17.2 Å². The minimum absolute atomic E-state index is 0.0665. The number of amides is 1. The minimum atomic E-state index is -4.44. The highest BCUT2D eigenvalue weighted by Crippen LogP contribution is 2.31. The molecule has 1 aliphatic rings. The van der Waals surface area contributed by atoms with Crippen molar-refractivity contribution >= 4 is 5.91 Å². The smallest absolute Gasteiger partial charge is 0.329 e. The summed E-state index contributed by atoms with van der Waals surface area (Å²) in [7, 11) is 0. The molecule has 0 aliphatic carbocycles. The molecule has 0 aromatic carbocycles. The monoisotopic (exact) mass is 303 g/mol. The van der Waals surface area contributed by atoms with E-state index in [0.29, 0.717) is 18.5 Å². The van der Waals surface area contributed by atoms with Crippen molar-refractivity contribution in [1.29, 1.82) is 0 Å². The van der Waals surface area contributed by atoms with Gasteiger partial charge in [0.25, 0.3) is 5.56 Å². The maximum atomic E-state index is 12.9. The van der Waals surface area contributed by atoms with Crippen LogP contribution in [0.3, 0.4) is 0 Å². The fourth-order valence-electron chi connectivity index (χ4n) is 2.44. The van der Waals surface area contributed by atoms with E-state index in [4.69, 9.17) is 0 Å². The summed E-state index contributed by atoms with van der Waals surface area (Å²) in [6.07, 6.45) is -2.36. The molecule has 1 amide bonds. The number of nitrogens with zero attached hydrogens (tertiary/aromatic N) is 3. The van der Waals surface area contributed by atoms with Crippen LogP contribution in [-0.2, 0) is 11.3 Å². The molecule has 0 N–H and O–H groups in total. The Morgan fingerprint density at radius 2 is 2.14 bits per heavy atom. The van der Waals surface area contributed by atoms with Crippen molar-refractivity contribution in [3.8, 4) is 0 Å². The Kier molecular flexibility index (Phi) is 4.34. The Labute approximate surface area is 119 Å². The summed E-state index contributed by atoms with van der Waals surface area (Å²) in [5, 5.41) is 0. The average molecular weight is 303 g/mol. The number of likely N-dealkylation sites (tertiary alicyclic amines) is 1. The summed E-state index contributed by atoms with van der Waals surface area (Å²) < 4.78 is 39.9. The van der Waals surface area contributed by atoms with E-state index in [0.717, 1.165) is 9.47 Å². The van der Waals surface area contributed by atoms with Crippen molar-refractivity contribution in [1.82, 2.24) is 14.5 Å². The summed E-state index contributed by atoms with van der Waals surface area (Å²) in [6, 6.07) is -0.516. The predicted octanol–water partition coefficient (Wildman–Crippen LogP) is 1.50. The highest BCUT2D eigenvalue weighted by atomic mass is 19.4. The number of hydrogen-bond acceptors (Lipinski definition) is 3. The molecule has 1 aromatic heterocycles. The van der Waals surface area contributed by atoms with Gasteiger partial charge in [-0.05, 0) is 26.2 Å². The lowest BCUT2D eigenvalue weighted by Gasteiger charge is -2.36. The first-order chi connectivity index (χ1) is 9.79. The molecule has 0 saturated carbocycles. The molecule has 1 aromatic rings. The van der Waals surface area contributed by atoms with Crippen LogP contribution in [-0.4, -0.2) is 39.1 Å². The minimum Gasteiger partial charge on any atom is -0.329 e. The van der Waals surface area contributed by atoms with Gasteiger partial charge in [0.15, 0.2) is 0 Å². The maximum absolute atomic E-state index is 12.9. The average Bonchev–Trinajstić information content (AvgIpc) is 2.41. The lowest BCUT2D eigenvalue weighted by molar-refractivity contribution is -0.196. The van der Waals surface area contributed by atoms with Gasteiger partial charge in [-0.15, -0.1) is 0 Å². The SMILES string of the molecule is Cc1cc(=O)n(CC(=O)N2CCCCC2C(F)(F)F)cn1. The molecule has 1 aliphatic heterocycles. The molecule has 1 saturated heterocycles. The van der Waals surface area contributed by atoms with Gasteiger partial charge in [0, 0.05) is 18.3 Å². The molecular weight excluding hydrogens is 287 g/mol. The van der Waals surface area contributed by atoms with Gasteiger partial charge >= 0.3 is 6.18 Å². The number of piperidine rings is 1. The van der Waals surface area contributed by atoms with Crippen LogP contribution in [0.25, 0.3) is 0 Å².